The van der Waals surface area contributed by atoms with Crippen LogP contribution < -0.4 is 4.72 Å². The van der Waals surface area contributed by atoms with Crippen LogP contribution in [0.25, 0.3) is 0 Å². The van der Waals surface area contributed by atoms with Crippen molar-refractivity contribution in [2.75, 3.05) is 0 Å². The first-order valence-corrected chi connectivity index (χ1v) is 8.51. The SMILES string of the molecule is CCC(C)C(C)NS(=O)(=O)c1ccc(Br)c(C(=O)O)c1. The van der Waals surface area contributed by atoms with E-state index in [9.17, 15) is 13.2 Å². The highest BCUT2D eigenvalue weighted by molar-refractivity contribution is 9.10. The van der Waals surface area contributed by atoms with Gasteiger partial charge in [0.1, 0.15) is 0 Å². The minimum atomic E-state index is -3.72. The lowest BCUT2D eigenvalue weighted by Gasteiger charge is -2.20. The van der Waals surface area contributed by atoms with Crippen molar-refractivity contribution in [1.29, 1.82) is 0 Å². The fourth-order valence-corrected chi connectivity index (χ4v) is 3.41. The lowest BCUT2D eigenvalue weighted by atomic mass is 10.0. The predicted octanol–water partition coefficient (Wildman–Crippen LogP) is 2.86. The Hall–Kier alpha value is -0.920. The maximum atomic E-state index is 12.2. The summed E-state index contributed by atoms with van der Waals surface area (Å²) in [5, 5.41) is 9.02. The highest BCUT2D eigenvalue weighted by Gasteiger charge is 2.22. The quantitative estimate of drug-likeness (QED) is 0.813. The molecule has 0 aromatic heterocycles. The summed E-state index contributed by atoms with van der Waals surface area (Å²) in [5.74, 6) is -0.983. The van der Waals surface area contributed by atoms with Crippen molar-refractivity contribution in [2.45, 2.75) is 38.1 Å². The van der Waals surface area contributed by atoms with E-state index in [-0.39, 0.29) is 22.4 Å². The Morgan fingerprint density at radius 1 is 1.40 bits per heavy atom. The van der Waals surface area contributed by atoms with Crippen LogP contribution in [-0.4, -0.2) is 25.5 Å². The van der Waals surface area contributed by atoms with Crippen molar-refractivity contribution in [3.8, 4) is 0 Å². The number of carbonyl (C=O) groups is 1. The van der Waals surface area contributed by atoms with Gasteiger partial charge in [-0.1, -0.05) is 20.3 Å². The summed E-state index contributed by atoms with van der Waals surface area (Å²) in [6.45, 7) is 5.73. The second-order valence-electron chi connectivity index (χ2n) is 4.74. The number of aromatic carboxylic acids is 1. The molecule has 2 N–H and O–H groups in total. The average molecular weight is 364 g/mol. The molecule has 0 fully saturated rings. The smallest absolute Gasteiger partial charge is 0.336 e. The molecular weight excluding hydrogens is 346 g/mol. The maximum Gasteiger partial charge on any atom is 0.336 e. The van der Waals surface area contributed by atoms with Gasteiger partial charge in [-0.2, -0.15) is 0 Å². The van der Waals surface area contributed by atoms with E-state index >= 15 is 0 Å². The Balaban J connectivity index is 3.10. The number of rotatable bonds is 6. The zero-order valence-electron chi connectivity index (χ0n) is 11.6. The monoisotopic (exact) mass is 363 g/mol. The largest absolute Gasteiger partial charge is 0.478 e. The number of sulfonamides is 1. The van der Waals surface area contributed by atoms with E-state index in [1.807, 2.05) is 13.8 Å². The number of halogens is 1. The number of hydrogen-bond acceptors (Lipinski definition) is 3. The zero-order valence-corrected chi connectivity index (χ0v) is 14.0. The third-order valence-corrected chi connectivity index (χ3v) is 5.57. The Labute approximate surface area is 127 Å². The number of nitrogens with one attached hydrogen (secondary N) is 1. The molecule has 0 amide bonds. The highest BCUT2D eigenvalue weighted by atomic mass is 79.9. The Kier molecular flexibility index (Phi) is 5.73. The van der Waals surface area contributed by atoms with Crippen LogP contribution in [0.3, 0.4) is 0 Å². The van der Waals surface area contributed by atoms with Gasteiger partial charge in [0, 0.05) is 10.5 Å². The van der Waals surface area contributed by atoms with Crippen molar-refractivity contribution < 1.29 is 18.3 Å². The van der Waals surface area contributed by atoms with E-state index in [1.54, 1.807) is 6.92 Å². The summed E-state index contributed by atoms with van der Waals surface area (Å²) in [5.41, 5.74) is -0.0796. The van der Waals surface area contributed by atoms with Crippen molar-refractivity contribution >= 4 is 31.9 Å². The van der Waals surface area contributed by atoms with E-state index < -0.39 is 16.0 Å². The Morgan fingerprint density at radius 3 is 2.50 bits per heavy atom. The van der Waals surface area contributed by atoms with Gasteiger partial charge in [0.05, 0.1) is 10.5 Å². The van der Waals surface area contributed by atoms with Gasteiger partial charge in [-0.15, -0.1) is 0 Å². The summed E-state index contributed by atoms with van der Waals surface area (Å²) < 4.78 is 27.4. The topological polar surface area (TPSA) is 83.5 Å². The highest BCUT2D eigenvalue weighted by Crippen LogP contribution is 2.21. The normalized spacial score (nSPS) is 14.8. The van der Waals surface area contributed by atoms with Gasteiger partial charge in [0.25, 0.3) is 0 Å². The van der Waals surface area contributed by atoms with Gasteiger partial charge in [-0.05, 0) is 47.0 Å². The lowest BCUT2D eigenvalue weighted by Crippen LogP contribution is -2.36. The predicted molar refractivity (Wildman–Crippen MR) is 80.3 cm³/mol. The maximum absolute atomic E-state index is 12.2. The fourth-order valence-electron chi connectivity index (χ4n) is 1.62. The van der Waals surface area contributed by atoms with Gasteiger partial charge >= 0.3 is 5.97 Å². The van der Waals surface area contributed by atoms with E-state index in [1.165, 1.54) is 12.1 Å². The molecule has 112 valence electrons. The van der Waals surface area contributed by atoms with Crippen LogP contribution in [-0.2, 0) is 10.0 Å². The van der Waals surface area contributed by atoms with E-state index in [0.717, 1.165) is 12.5 Å². The van der Waals surface area contributed by atoms with Gasteiger partial charge in [-0.25, -0.2) is 17.9 Å². The minimum Gasteiger partial charge on any atom is -0.478 e. The summed E-state index contributed by atoms with van der Waals surface area (Å²) in [6, 6.07) is 3.73. The molecule has 20 heavy (non-hydrogen) atoms. The van der Waals surface area contributed by atoms with Crippen molar-refractivity contribution in [3.63, 3.8) is 0 Å². The molecule has 2 atom stereocenters. The average Bonchev–Trinajstić information content (AvgIpc) is 2.36. The number of benzene rings is 1. The standard InChI is InChI=1S/C13H18BrNO4S/c1-4-8(2)9(3)15-20(18,19)10-5-6-12(14)11(7-10)13(16)17/h5-9,15H,4H2,1-3H3,(H,16,17). The van der Waals surface area contributed by atoms with Gasteiger partial charge in [0.2, 0.25) is 10.0 Å². The summed E-state index contributed by atoms with van der Waals surface area (Å²) >= 11 is 3.09. The first kappa shape index (κ1) is 17.1. The third kappa shape index (κ3) is 4.04. The molecule has 0 aliphatic rings. The van der Waals surface area contributed by atoms with Crippen LogP contribution in [0.15, 0.2) is 27.6 Å². The Bertz CT molecular complexity index is 600. The minimum absolute atomic E-state index is 0.0479. The first-order chi connectivity index (χ1) is 9.19. The molecule has 1 aromatic carbocycles. The van der Waals surface area contributed by atoms with Gasteiger partial charge in [0.15, 0.2) is 0 Å². The van der Waals surface area contributed by atoms with Crippen LogP contribution in [0.2, 0.25) is 0 Å². The second-order valence-corrected chi connectivity index (χ2v) is 7.31. The second kappa shape index (κ2) is 6.69. The molecule has 0 heterocycles. The zero-order chi connectivity index (χ0) is 15.5. The molecule has 0 saturated heterocycles. The molecule has 0 aliphatic heterocycles. The molecule has 2 unspecified atom stereocenters. The van der Waals surface area contributed by atoms with Crippen molar-refractivity contribution in [1.82, 2.24) is 4.72 Å². The van der Waals surface area contributed by atoms with E-state index in [4.69, 9.17) is 5.11 Å². The Morgan fingerprint density at radius 2 is 2.00 bits per heavy atom. The molecule has 0 saturated carbocycles. The molecule has 1 rings (SSSR count). The molecule has 0 aliphatic carbocycles. The van der Waals surface area contributed by atoms with Crippen molar-refractivity contribution in [3.05, 3.63) is 28.2 Å². The molecular formula is C13H18BrNO4S. The third-order valence-electron chi connectivity index (χ3n) is 3.32. The lowest BCUT2D eigenvalue weighted by molar-refractivity contribution is 0.0695. The number of carboxylic acid groups (broad SMARTS) is 1. The number of hydrogen-bond donors (Lipinski definition) is 2. The molecule has 1 aromatic rings. The fraction of sp³-hybridized carbons (Fsp3) is 0.462. The van der Waals surface area contributed by atoms with Crippen LogP contribution in [0.4, 0.5) is 0 Å². The molecule has 0 spiro atoms. The van der Waals surface area contributed by atoms with Crippen LogP contribution in [0, 0.1) is 5.92 Å². The molecule has 0 radical (unpaired) electrons. The molecule has 5 nitrogen and oxygen atoms in total. The molecule has 7 heteroatoms. The van der Waals surface area contributed by atoms with E-state index in [0.29, 0.717) is 4.47 Å². The molecule has 0 bridgehead atoms. The van der Waals surface area contributed by atoms with E-state index in [2.05, 4.69) is 20.7 Å². The van der Waals surface area contributed by atoms with Crippen molar-refractivity contribution in [2.24, 2.45) is 5.92 Å². The summed E-state index contributed by atoms with van der Waals surface area (Å²) in [6.07, 6.45) is 0.852. The van der Waals surface area contributed by atoms with Crippen LogP contribution in [0.1, 0.15) is 37.6 Å². The summed E-state index contributed by atoms with van der Waals surface area (Å²) in [7, 11) is -3.72. The van der Waals surface area contributed by atoms with Crippen LogP contribution >= 0.6 is 15.9 Å². The first-order valence-electron chi connectivity index (χ1n) is 6.24. The van der Waals surface area contributed by atoms with Crippen LogP contribution in [0.5, 0.6) is 0 Å². The van der Waals surface area contributed by atoms with Gasteiger partial charge in [-0.3, -0.25) is 0 Å². The van der Waals surface area contributed by atoms with Gasteiger partial charge < -0.3 is 5.11 Å². The summed E-state index contributed by atoms with van der Waals surface area (Å²) in [4.78, 5) is 11.0. The number of carboxylic acids is 1.